The predicted octanol–water partition coefficient (Wildman–Crippen LogP) is 2.31. The van der Waals surface area contributed by atoms with Crippen molar-refractivity contribution in [2.45, 2.75) is 26.2 Å². The third kappa shape index (κ3) is 6.50. The van der Waals surface area contributed by atoms with E-state index in [1.54, 1.807) is 4.90 Å². The number of hydrogen-bond donors (Lipinski definition) is 1. The highest BCUT2D eigenvalue weighted by Crippen LogP contribution is 2.20. The van der Waals surface area contributed by atoms with E-state index in [2.05, 4.69) is 17.1 Å². The molecule has 0 aromatic heterocycles. The first-order valence-corrected chi connectivity index (χ1v) is 9.65. The van der Waals surface area contributed by atoms with Gasteiger partial charge in [0.2, 0.25) is 0 Å². The van der Waals surface area contributed by atoms with E-state index in [0.717, 1.165) is 25.1 Å². The molecule has 1 heterocycles. The van der Waals surface area contributed by atoms with Crippen LogP contribution in [0.4, 0.5) is 5.69 Å². The highest BCUT2D eigenvalue weighted by Gasteiger charge is 2.25. The monoisotopic (exact) mass is 381 g/mol. The second kappa shape index (κ2) is 11.0. The summed E-state index contributed by atoms with van der Waals surface area (Å²) in [5.41, 5.74) is 1.04. The van der Waals surface area contributed by atoms with Crippen LogP contribution in [0.2, 0.25) is 5.02 Å². The van der Waals surface area contributed by atoms with Gasteiger partial charge in [-0.15, -0.1) is 0 Å². The molecule has 1 aromatic carbocycles. The minimum atomic E-state index is -0.533. The van der Waals surface area contributed by atoms with Gasteiger partial charge in [0.05, 0.1) is 0 Å². The molecule has 1 fully saturated rings. The van der Waals surface area contributed by atoms with Gasteiger partial charge in [-0.3, -0.25) is 9.59 Å². The second-order valence-corrected chi connectivity index (χ2v) is 6.77. The van der Waals surface area contributed by atoms with Gasteiger partial charge < -0.3 is 19.9 Å². The molecule has 7 heteroatoms. The molecular weight excluding hydrogens is 354 g/mol. The zero-order valence-electron chi connectivity index (χ0n) is 15.4. The van der Waals surface area contributed by atoms with Crippen molar-refractivity contribution < 1.29 is 14.3 Å². The van der Waals surface area contributed by atoms with E-state index in [4.69, 9.17) is 16.3 Å². The maximum absolute atomic E-state index is 12.2. The van der Waals surface area contributed by atoms with Crippen LogP contribution in [-0.2, 0) is 14.3 Å². The summed E-state index contributed by atoms with van der Waals surface area (Å²) in [7, 11) is 0. The molecule has 0 atom stereocenters. The standard InChI is InChI=1S/C19H28ClN3O3/c1-2-3-13-26-14-5-8-21-18(24)19(25)23-11-9-22(10-12-23)17-7-4-6-16(20)15-17/h4,6-7,15H,2-3,5,8-14H2,1H3,(H,21,24). The molecule has 0 aliphatic carbocycles. The molecular formula is C19H28ClN3O3. The molecule has 0 radical (unpaired) electrons. The van der Waals surface area contributed by atoms with Crippen LogP contribution in [0.25, 0.3) is 0 Å². The lowest BCUT2D eigenvalue weighted by Crippen LogP contribution is -2.52. The number of carbonyl (C=O) groups is 2. The molecule has 0 spiro atoms. The van der Waals surface area contributed by atoms with Gasteiger partial charge in [0, 0.05) is 56.6 Å². The molecule has 0 unspecified atom stereocenters. The fourth-order valence-corrected chi connectivity index (χ4v) is 2.97. The largest absolute Gasteiger partial charge is 0.381 e. The number of carbonyl (C=O) groups excluding carboxylic acids is 2. The number of amides is 2. The molecule has 1 aliphatic rings. The van der Waals surface area contributed by atoms with Crippen LogP contribution in [0.1, 0.15) is 26.2 Å². The Morgan fingerprint density at radius 1 is 1.15 bits per heavy atom. The van der Waals surface area contributed by atoms with Crippen molar-refractivity contribution in [1.82, 2.24) is 10.2 Å². The Labute approximate surface area is 160 Å². The molecule has 0 saturated carbocycles. The van der Waals surface area contributed by atoms with Gasteiger partial charge in [0.25, 0.3) is 0 Å². The average molecular weight is 382 g/mol. The van der Waals surface area contributed by atoms with Crippen LogP contribution >= 0.6 is 11.6 Å². The van der Waals surface area contributed by atoms with Crippen molar-refractivity contribution in [3.63, 3.8) is 0 Å². The maximum atomic E-state index is 12.2. The molecule has 0 bridgehead atoms. The molecule has 1 aromatic rings. The van der Waals surface area contributed by atoms with Crippen LogP contribution in [0.3, 0.4) is 0 Å². The number of rotatable bonds is 8. The van der Waals surface area contributed by atoms with Crippen molar-refractivity contribution in [2.75, 3.05) is 50.8 Å². The Morgan fingerprint density at radius 2 is 1.88 bits per heavy atom. The fourth-order valence-electron chi connectivity index (χ4n) is 2.78. The first-order valence-electron chi connectivity index (χ1n) is 9.27. The van der Waals surface area contributed by atoms with E-state index in [0.29, 0.717) is 50.8 Å². The summed E-state index contributed by atoms with van der Waals surface area (Å²) in [5.74, 6) is -0.989. The quantitative estimate of drug-likeness (QED) is 0.554. The SMILES string of the molecule is CCCCOCCCNC(=O)C(=O)N1CCN(c2cccc(Cl)c2)CC1. The molecule has 26 heavy (non-hydrogen) atoms. The summed E-state index contributed by atoms with van der Waals surface area (Å²) >= 11 is 6.03. The lowest BCUT2D eigenvalue weighted by atomic mass is 10.2. The Bertz CT molecular complexity index is 589. The lowest BCUT2D eigenvalue weighted by molar-refractivity contribution is -0.146. The van der Waals surface area contributed by atoms with E-state index in [9.17, 15) is 9.59 Å². The first-order chi connectivity index (χ1) is 12.6. The fraction of sp³-hybridized carbons (Fsp3) is 0.579. The molecule has 2 amide bonds. The van der Waals surface area contributed by atoms with Gasteiger partial charge >= 0.3 is 11.8 Å². The summed E-state index contributed by atoms with van der Waals surface area (Å²) < 4.78 is 5.43. The van der Waals surface area contributed by atoms with Gasteiger partial charge in [0.1, 0.15) is 0 Å². The van der Waals surface area contributed by atoms with Crippen molar-refractivity contribution >= 4 is 29.1 Å². The van der Waals surface area contributed by atoms with E-state index >= 15 is 0 Å². The molecule has 6 nitrogen and oxygen atoms in total. The van der Waals surface area contributed by atoms with Gasteiger partial charge in [0.15, 0.2) is 0 Å². The van der Waals surface area contributed by atoms with Gasteiger partial charge in [-0.05, 0) is 31.0 Å². The van der Waals surface area contributed by atoms with Crippen molar-refractivity contribution in [2.24, 2.45) is 0 Å². The summed E-state index contributed by atoms with van der Waals surface area (Å²) in [4.78, 5) is 28.0. The number of benzene rings is 1. The number of nitrogens with one attached hydrogen (secondary N) is 1. The second-order valence-electron chi connectivity index (χ2n) is 6.33. The molecule has 1 saturated heterocycles. The number of nitrogens with zero attached hydrogens (tertiary/aromatic N) is 2. The highest BCUT2D eigenvalue weighted by atomic mass is 35.5. The maximum Gasteiger partial charge on any atom is 0.312 e. The third-order valence-corrected chi connectivity index (χ3v) is 4.56. The minimum absolute atomic E-state index is 0.456. The van der Waals surface area contributed by atoms with Gasteiger partial charge in [-0.25, -0.2) is 0 Å². The number of piperazine rings is 1. The number of hydrogen-bond acceptors (Lipinski definition) is 4. The van der Waals surface area contributed by atoms with Crippen molar-refractivity contribution in [3.05, 3.63) is 29.3 Å². The molecule has 2 rings (SSSR count). The Kier molecular flexibility index (Phi) is 8.71. The molecule has 1 N–H and O–H groups in total. The number of unbranched alkanes of at least 4 members (excludes halogenated alkanes) is 1. The number of ether oxygens (including phenoxy) is 1. The Balaban J connectivity index is 1.66. The van der Waals surface area contributed by atoms with E-state index in [1.807, 2.05) is 24.3 Å². The Morgan fingerprint density at radius 3 is 2.58 bits per heavy atom. The molecule has 1 aliphatic heterocycles. The number of halogens is 1. The van der Waals surface area contributed by atoms with Gasteiger partial charge in [-0.1, -0.05) is 31.0 Å². The van der Waals surface area contributed by atoms with E-state index in [1.165, 1.54) is 0 Å². The average Bonchev–Trinajstić information content (AvgIpc) is 2.66. The van der Waals surface area contributed by atoms with Crippen LogP contribution < -0.4 is 10.2 Å². The topological polar surface area (TPSA) is 61.9 Å². The zero-order chi connectivity index (χ0) is 18.8. The van der Waals surface area contributed by atoms with Crippen LogP contribution in [-0.4, -0.2) is 62.7 Å². The lowest BCUT2D eigenvalue weighted by Gasteiger charge is -2.35. The van der Waals surface area contributed by atoms with E-state index in [-0.39, 0.29) is 0 Å². The highest BCUT2D eigenvalue weighted by molar-refractivity contribution is 6.35. The van der Waals surface area contributed by atoms with Crippen LogP contribution in [0, 0.1) is 0 Å². The van der Waals surface area contributed by atoms with Crippen LogP contribution in [0.5, 0.6) is 0 Å². The van der Waals surface area contributed by atoms with Crippen molar-refractivity contribution in [3.8, 4) is 0 Å². The smallest absolute Gasteiger partial charge is 0.312 e. The summed E-state index contributed by atoms with van der Waals surface area (Å²) in [5, 5.41) is 3.37. The molecule has 144 valence electrons. The minimum Gasteiger partial charge on any atom is -0.381 e. The van der Waals surface area contributed by atoms with Gasteiger partial charge in [-0.2, -0.15) is 0 Å². The zero-order valence-corrected chi connectivity index (χ0v) is 16.1. The summed E-state index contributed by atoms with van der Waals surface area (Å²) in [6.45, 7) is 6.35. The first kappa shape index (κ1) is 20.5. The third-order valence-electron chi connectivity index (χ3n) is 4.33. The normalized spacial score (nSPS) is 14.4. The van der Waals surface area contributed by atoms with Crippen LogP contribution in [0.15, 0.2) is 24.3 Å². The summed E-state index contributed by atoms with van der Waals surface area (Å²) in [6.07, 6.45) is 2.87. The predicted molar refractivity (Wildman–Crippen MR) is 104 cm³/mol. The Hall–Kier alpha value is -1.79. The summed E-state index contributed by atoms with van der Waals surface area (Å²) in [6, 6.07) is 7.66. The van der Waals surface area contributed by atoms with E-state index < -0.39 is 11.8 Å². The number of anilines is 1. The van der Waals surface area contributed by atoms with Crippen molar-refractivity contribution in [1.29, 1.82) is 0 Å².